The van der Waals surface area contributed by atoms with Gasteiger partial charge in [-0.25, -0.2) is 0 Å². The van der Waals surface area contributed by atoms with Crippen molar-refractivity contribution in [1.29, 1.82) is 0 Å². The van der Waals surface area contributed by atoms with Gasteiger partial charge in [0.25, 0.3) is 0 Å². The number of aromatic nitrogens is 1. The fourth-order valence-corrected chi connectivity index (χ4v) is 2.93. The molecule has 2 heterocycles. The Labute approximate surface area is 125 Å². The van der Waals surface area contributed by atoms with Crippen molar-refractivity contribution in [2.45, 2.75) is 26.3 Å². The molecule has 0 spiro atoms. The van der Waals surface area contributed by atoms with Gasteiger partial charge >= 0.3 is 0 Å². The van der Waals surface area contributed by atoms with Crippen molar-refractivity contribution in [3.8, 4) is 17.2 Å². The van der Waals surface area contributed by atoms with Crippen LogP contribution in [-0.4, -0.2) is 24.5 Å². The maximum Gasteiger partial charge on any atom is 0.162 e. The zero-order valence-corrected chi connectivity index (χ0v) is 12.9. The maximum absolute atomic E-state index is 5.45. The minimum absolute atomic E-state index is 0.139. The summed E-state index contributed by atoms with van der Waals surface area (Å²) in [6, 6.07) is 8.36. The van der Waals surface area contributed by atoms with Crippen LogP contribution in [0, 0.1) is 0 Å². The summed E-state index contributed by atoms with van der Waals surface area (Å²) >= 11 is 0. The molecule has 1 aliphatic heterocycles. The monoisotopic (exact) mass is 284 g/mol. The smallest absolute Gasteiger partial charge is 0.162 e. The molecule has 1 atom stereocenters. The average molecular weight is 284 g/mol. The van der Waals surface area contributed by atoms with E-state index in [0.717, 1.165) is 35.0 Å². The lowest BCUT2D eigenvalue weighted by atomic mass is 10.0. The molecule has 0 aliphatic carbocycles. The summed E-state index contributed by atoms with van der Waals surface area (Å²) in [5.41, 5.74) is 4.46. The summed E-state index contributed by atoms with van der Waals surface area (Å²) in [4.78, 5) is 4.88. The molecule has 0 radical (unpaired) electrons. The van der Waals surface area contributed by atoms with Crippen LogP contribution in [0.4, 0.5) is 0 Å². The first-order chi connectivity index (χ1) is 10.2. The van der Waals surface area contributed by atoms with E-state index in [0.29, 0.717) is 0 Å². The van der Waals surface area contributed by atoms with Gasteiger partial charge in [0.05, 0.1) is 37.4 Å². The van der Waals surface area contributed by atoms with Crippen molar-refractivity contribution < 1.29 is 9.47 Å². The molecule has 0 saturated carbocycles. The number of hydrogen-bond acceptors (Lipinski definition) is 3. The molecule has 0 saturated heterocycles. The zero-order chi connectivity index (χ0) is 15.0. The van der Waals surface area contributed by atoms with Crippen LogP contribution in [0.5, 0.6) is 11.5 Å². The van der Waals surface area contributed by atoms with E-state index in [-0.39, 0.29) is 6.04 Å². The van der Waals surface area contributed by atoms with E-state index in [2.05, 4.69) is 30.7 Å². The van der Waals surface area contributed by atoms with Crippen LogP contribution in [0.25, 0.3) is 5.69 Å². The largest absolute Gasteiger partial charge is 0.493 e. The minimum Gasteiger partial charge on any atom is -0.493 e. The van der Waals surface area contributed by atoms with Gasteiger partial charge in [-0.3, -0.25) is 4.99 Å². The van der Waals surface area contributed by atoms with E-state index < -0.39 is 0 Å². The van der Waals surface area contributed by atoms with Crippen molar-refractivity contribution in [3.05, 3.63) is 41.7 Å². The van der Waals surface area contributed by atoms with Crippen molar-refractivity contribution in [1.82, 2.24) is 4.57 Å². The molecule has 21 heavy (non-hydrogen) atoms. The molecule has 1 aromatic carbocycles. The lowest BCUT2D eigenvalue weighted by molar-refractivity contribution is 0.354. The molecule has 4 heteroatoms. The molecule has 3 rings (SSSR count). The molecule has 0 amide bonds. The number of methoxy groups -OCH3 is 2. The highest BCUT2D eigenvalue weighted by Crippen LogP contribution is 2.39. The standard InChI is InChI=1S/C17H20N2O2/c1-5-13-12-9-16(20-3)17(21-4)10-15(12)19-8-6-7-14(19)11(2)18-13/h6-10,13H,5H2,1-4H3/t13-/m1/s1. The molecule has 0 bridgehead atoms. The first kappa shape index (κ1) is 13.7. The Morgan fingerprint density at radius 2 is 1.90 bits per heavy atom. The summed E-state index contributed by atoms with van der Waals surface area (Å²) in [6.45, 7) is 4.22. The number of rotatable bonds is 3. The second kappa shape index (κ2) is 5.28. The minimum atomic E-state index is 0.139. The molecular weight excluding hydrogens is 264 g/mol. The van der Waals surface area contributed by atoms with E-state index in [1.165, 1.54) is 5.56 Å². The molecule has 4 nitrogen and oxygen atoms in total. The summed E-state index contributed by atoms with van der Waals surface area (Å²) in [7, 11) is 3.33. The second-order valence-corrected chi connectivity index (χ2v) is 5.17. The average Bonchev–Trinajstić information content (AvgIpc) is 2.97. The highest BCUT2D eigenvalue weighted by atomic mass is 16.5. The van der Waals surface area contributed by atoms with Gasteiger partial charge in [-0.15, -0.1) is 0 Å². The van der Waals surface area contributed by atoms with Crippen LogP contribution >= 0.6 is 0 Å². The third kappa shape index (κ3) is 2.11. The maximum atomic E-state index is 5.45. The predicted octanol–water partition coefficient (Wildman–Crippen LogP) is 3.77. The van der Waals surface area contributed by atoms with Gasteiger partial charge in [0, 0.05) is 17.8 Å². The Kier molecular flexibility index (Phi) is 3.45. The van der Waals surface area contributed by atoms with Gasteiger partial charge in [-0.2, -0.15) is 0 Å². The van der Waals surface area contributed by atoms with Gasteiger partial charge in [0.1, 0.15) is 0 Å². The summed E-state index contributed by atoms with van der Waals surface area (Å²) in [6.07, 6.45) is 3.02. The number of hydrogen-bond donors (Lipinski definition) is 0. The normalized spacial score (nSPS) is 16.6. The Morgan fingerprint density at radius 3 is 2.57 bits per heavy atom. The fraction of sp³-hybridized carbons (Fsp3) is 0.353. The molecule has 1 aromatic heterocycles. The molecule has 1 aliphatic rings. The summed E-state index contributed by atoms with van der Waals surface area (Å²) in [5, 5.41) is 0. The number of fused-ring (bicyclic) bond motifs is 3. The van der Waals surface area contributed by atoms with Gasteiger partial charge in [-0.05, 0) is 31.5 Å². The number of aliphatic imine (C=N–C) groups is 1. The van der Waals surface area contributed by atoms with Crippen LogP contribution in [0.2, 0.25) is 0 Å². The number of ether oxygens (including phenoxy) is 2. The van der Waals surface area contributed by atoms with Crippen molar-refractivity contribution in [3.63, 3.8) is 0 Å². The Balaban J connectivity index is 2.31. The quantitative estimate of drug-likeness (QED) is 0.860. The fourth-order valence-electron chi connectivity index (χ4n) is 2.93. The van der Waals surface area contributed by atoms with Crippen LogP contribution in [0.1, 0.15) is 37.6 Å². The molecule has 0 unspecified atom stereocenters. The third-order valence-electron chi connectivity index (χ3n) is 4.01. The van der Waals surface area contributed by atoms with E-state index in [1.54, 1.807) is 14.2 Å². The molecule has 0 fully saturated rings. The Bertz CT molecular complexity index is 701. The van der Waals surface area contributed by atoms with Crippen molar-refractivity contribution in [2.75, 3.05) is 14.2 Å². The summed E-state index contributed by atoms with van der Waals surface area (Å²) in [5.74, 6) is 1.49. The third-order valence-corrected chi connectivity index (χ3v) is 4.01. The first-order valence-electron chi connectivity index (χ1n) is 7.18. The van der Waals surface area contributed by atoms with E-state index in [9.17, 15) is 0 Å². The van der Waals surface area contributed by atoms with Crippen molar-refractivity contribution >= 4 is 5.71 Å². The van der Waals surface area contributed by atoms with Gasteiger partial charge in [0.2, 0.25) is 0 Å². The SMILES string of the molecule is CC[C@H]1N=C(C)c2cccn2-c2cc(OC)c(OC)cc21. The predicted molar refractivity (Wildman–Crippen MR) is 84.1 cm³/mol. The molecule has 2 aromatic rings. The van der Waals surface area contributed by atoms with Crippen LogP contribution in [0.15, 0.2) is 35.5 Å². The lowest BCUT2D eigenvalue weighted by Crippen LogP contribution is -2.04. The topological polar surface area (TPSA) is 35.8 Å². The van der Waals surface area contributed by atoms with Crippen LogP contribution in [0.3, 0.4) is 0 Å². The van der Waals surface area contributed by atoms with Crippen LogP contribution < -0.4 is 9.47 Å². The highest BCUT2D eigenvalue weighted by Gasteiger charge is 2.23. The van der Waals surface area contributed by atoms with Gasteiger partial charge in [0.15, 0.2) is 11.5 Å². The second-order valence-electron chi connectivity index (χ2n) is 5.17. The van der Waals surface area contributed by atoms with Crippen LogP contribution in [-0.2, 0) is 0 Å². The Morgan fingerprint density at radius 1 is 1.19 bits per heavy atom. The number of nitrogens with zero attached hydrogens (tertiary/aromatic N) is 2. The first-order valence-corrected chi connectivity index (χ1v) is 7.18. The van der Waals surface area contributed by atoms with Gasteiger partial charge < -0.3 is 14.0 Å². The van der Waals surface area contributed by atoms with Gasteiger partial charge in [-0.1, -0.05) is 6.92 Å². The number of benzene rings is 1. The van der Waals surface area contributed by atoms with E-state index in [1.807, 2.05) is 18.2 Å². The summed E-state index contributed by atoms with van der Waals surface area (Å²) < 4.78 is 13.1. The molecule has 0 N–H and O–H groups in total. The molecular formula is C17H20N2O2. The Hall–Kier alpha value is -2.23. The molecule has 110 valence electrons. The van der Waals surface area contributed by atoms with Crippen molar-refractivity contribution in [2.24, 2.45) is 4.99 Å². The van der Waals surface area contributed by atoms with E-state index >= 15 is 0 Å². The van der Waals surface area contributed by atoms with E-state index in [4.69, 9.17) is 14.5 Å². The zero-order valence-electron chi connectivity index (χ0n) is 12.9. The highest BCUT2D eigenvalue weighted by molar-refractivity contribution is 5.98. The lowest BCUT2D eigenvalue weighted by Gasteiger charge is -2.18.